The molecule has 6 heteroatoms. The second-order valence-electron chi connectivity index (χ2n) is 3.53. The molecule has 0 unspecified atom stereocenters. The number of pyridine rings is 1. The van der Waals surface area contributed by atoms with Crippen LogP contribution in [0, 0.1) is 0 Å². The molecule has 0 aliphatic heterocycles. The summed E-state index contributed by atoms with van der Waals surface area (Å²) in [5.74, 6) is -0.472. The molecule has 92 valence electrons. The first-order valence-electron chi connectivity index (χ1n) is 5.05. The summed E-state index contributed by atoms with van der Waals surface area (Å²) < 4.78 is 0.908. The van der Waals surface area contributed by atoms with Crippen molar-refractivity contribution < 1.29 is 4.79 Å². The lowest BCUT2D eigenvalue weighted by Crippen LogP contribution is -2.11. The molecular weight excluding hydrogens is 314 g/mol. The number of anilines is 1. The summed E-state index contributed by atoms with van der Waals surface area (Å²) in [5.41, 5.74) is 12.1. The molecule has 4 nitrogen and oxygen atoms in total. The number of halogens is 1. The third-order valence-corrected chi connectivity index (χ3v) is 3.71. The van der Waals surface area contributed by atoms with Gasteiger partial charge in [-0.2, -0.15) is 0 Å². The van der Waals surface area contributed by atoms with Gasteiger partial charge in [0.15, 0.2) is 0 Å². The minimum Gasteiger partial charge on any atom is -0.398 e. The second kappa shape index (κ2) is 5.41. The Labute approximate surface area is 117 Å². The van der Waals surface area contributed by atoms with E-state index in [1.165, 1.54) is 11.8 Å². The van der Waals surface area contributed by atoms with E-state index in [-0.39, 0.29) is 0 Å². The van der Waals surface area contributed by atoms with Crippen molar-refractivity contribution in [1.29, 1.82) is 0 Å². The molecule has 0 radical (unpaired) electrons. The number of nitrogen functional groups attached to an aromatic ring is 1. The number of hydrogen-bond acceptors (Lipinski definition) is 4. The van der Waals surface area contributed by atoms with Gasteiger partial charge < -0.3 is 11.5 Å². The molecule has 0 aliphatic rings. The molecule has 1 heterocycles. The Bertz CT molecular complexity index is 586. The Balaban J connectivity index is 2.30. The number of rotatable bonds is 3. The van der Waals surface area contributed by atoms with E-state index in [9.17, 15) is 4.79 Å². The molecule has 18 heavy (non-hydrogen) atoms. The van der Waals surface area contributed by atoms with Gasteiger partial charge in [0.1, 0.15) is 5.03 Å². The van der Waals surface area contributed by atoms with Crippen molar-refractivity contribution in [2.24, 2.45) is 5.73 Å². The minimum atomic E-state index is -0.472. The SMILES string of the molecule is NC(=O)c1ccc(N)c(Sc2ccc(Br)cn2)c1. The first-order valence-corrected chi connectivity index (χ1v) is 6.66. The zero-order chi connectivity index (χ0) is 13.1. The van der Waals surface area contributed by atoms with Crippen molar-refractivity contribution in [3.05, 3.63) is 46.6 Å². The maximum Gasteiger partial charge on any atom is 0.248 e. The van der Waals surface area contributed by atoms with Gasteiger partial charge >= 0.3 is 0 Å². The lowest BCUT2D eigenvalue weighted by Gasteiger charge is -2.06. The third-order valence-electron chi connectivity index (χ3n) is 2.21. The number of nitrogens with two attached hydrogens (primary N) is 2. The number of benzene rings is 1. The van der Waals surface area contributed by atoms with Gasteiger partial charge in [-0.25, -0.2) is 4.98 Å². The van der Waals surface area contributed by atoms with Crippen molar-refractivity contribution in [1.82, 2.24) is 4.98 Å². The maximum atomic E-state index is 11.1. The van der Waals surface area contributed by atoms with Crippen LogP contribution in [0.2, 0.25) is 0 Å². The molecule has 0 bridgehead atoms. The molecule has 0 aliphatic carbocycles. The molecule has 0 saturated heterocycles. The zero-order valence-corrected chi connectivity index (χ0v) is 11.7. The number of hydrogen-bond donors (Lipinski definition) is 2. The first-order chi connectivity index (χ1) is 8.56. The van der Waals surface area contributed by atoms with E-state index in [1.807, 2.05) is 12.1 Å². The van der Waals surface area contributed by atoms with Crippen LogP contribution < -0.4 is 11.5 Å². The Morgan fingerprint density at radius 2 is 2.06 bits per heavy atom. The highest BCUT2D eigenvalue weighted by Crippen LogP contribution is 2.31. The second-order valence-corrected chi connectivity index (χ2v) is 5.51. The van der Waals surface area contributed by atoms with Crippen molar-refractivity contribution in [3.8, 4) is 0 Å². The standard InChI is InChI=1S/C12H10BrN3OS/c13-8-2-4-11(16-6-8)18-10-5-7(12(15)17)1-3-9(10)14/h1-6H,14H2,(H2,15,17). The van der Waals surface area contributed by atoms with E-state index in [1.54, 1.807) is 24.4 Å². The average Bonchev–Trinajstić information content (AvgIpc) is 2.34. The van der Waals surface area contributed by atoms with E-state index in [0.717, 1.165) is 14.4 Å². The normalized spacial score (nSPS) is 10.3. The van der Waals surface area contributed by atoms with Crippen molar-refractivity contribution >= 4 is 39.3 Å². The quantitative estimate of drug-likeness (QED) is 0.851. The van der Waals surface area contributed by atoms with Gasteiger partial charge in [-0.1, -0.05) is 11.8 Å². The Morgan fingerprint density at radius 1 is 1.28 bits per heavy atom. The number of aromatic nitrogens is 1. The highest BCUT2D eigenvalue weighted by Gasteiger charge is 2.07. The van der Waals surface area contributed by atoms with Crippen molar-refractivity contribution in [2.45, 2.75) is 9.92 Å². The minimum absolute atomic E-state index is 0.434. The van der Waals surface area contributed by atoms with Gasteiger partial charge in [0.2, 0.25) is 5.91 Å². The van der Waals surface area contributed by atoms with Crippen LogP contribution in [0.5, 0.6) is 0 Å². The van der Waals surface area contributed by atoms with E-state index in [4.69, 9.17) is 11.5 Å². The van der Waals surface area contributed by atoms with Crippen LogP contribution in [0.1, 0.15) is 10.4 Å². The lowest BCUT2D eigenvalue weighted by molar-refractivity contribution is 0.1000. The zero-order valence-electron chi connectivity index (χ0n) is 9.26. The number of primary amides is 1. The summed E-state index contributed by atoms with van der Waals surface area (Å²) in [6, 6.07) is 8.71. The van der Waals surface area contributed by atoms with Crippen LogP contribution in [0.25, 0.3) is 0 Å². The number of carbonyl (C=O) groups is 1. The molecular formula is C12H10BrN3OS. The fraction of sp³-hybridized carbons (Fsp3) is 0. The fourth-order valence-electron chi connectivity index (χ4n) is 1.31. The fourth-order valence-corrected chi connectivity index (χ4v) is 2.38. The average molecular weight is 324 g/mol. The third kappa shape index (κ3) is 3.02. The molecule has 1 aromatic heterocycles. The highest BCUT2D eigenvalue weighted by atomic mass is 79.9. The monoisotopic (exact) mass is 323 g/mol. The first kappa shape index (κ1) is 12.9. The summed E-state index contributed by atoms with van der Waals surface area (Å²) in [6.07, 6.45) is 1.70. The largest absolute Gasteiger partial charge is 0.398 e. The topological polar surface area (TPSA) is 82.0 Å². The molecule has 2 rings (SSSR count). The smallest absolute Gasteiger partial charge is 0.248 e. The molecule has 0 spiro atoms. The number of nitrogens with zero attached hydrogens (tertiary/aromatic N) is 1. The summed E-state index contributed by atoms with van der Waals surface area (Å²) >= 11 is 4.71. The molecule has 1 aromatic carbocycles. The summed E-state index contributed by atoms with van der Waals surface area (Å²) in [5, 5.41) is 0.798. The molecule has 1 amide bonds. The van der Waals surface area contributed by atoms with Crippen LogP contribution in [0.15, 0.2) is 50.9 Å². The molecule has 0 fully saturated rings. The van der Waals surface area contributed by atoms with Crippen LogP contribution in [-0.4, -0.2) is 10.9 Å². The molecule has 0 atom stereocenters. The van der Waals surface area contributed by atoms with Crippen LogP contribution in [0.3, 0.4) is 0 Å². The Hall–Kier alpha value is -1.53. The van der Waals surface area contributed by atoms with Gasteiger partial charge in [0.25, 0.3) is 0 Å². The molecule has 2 aromatic rings. The van der Waals surface area contributed by atoms with Crippen LogP contribution >= 0.6 is 27.7 Å². The van der Waals surface area contributed by atoms with E-state index >= 15 is 0 Å². The number of amides is 1. The van der Waals surface area contributed by atoms with Gasteiger partial charge in [-0.15, -0.1) is 0 Å². The highest BCUT2D eigenvalue weighted by molar-refractivity contribution is 9.10. The van der Waals surface area contributed by atoms with Gasteiger partial charge in [0, 0.05) is 26.8 Å². The lowest BCUT2D eigenvalue weighted by atomic mass is 10.2. The number of carbonyl (C=O) groups excluding carboxylic acids is 1. The van der Waals surface area contributed by atoms with E-state index in [2.05, 4.69) is 20.9 Å². The van der Waals surface area contributed by atoms with Crippen LogP contribution in [-0.2, 0) is 0 Å². The summed E-state index contributed by atoms with van der Waals surface area (Å²) in [6.45, 7) is 0. The van der Waals surface area contributed by atoms with Crippen molar-refractivity contribution in [2.75, 3.05) is 5.73 Å². The van der Waals surface area contributed by atoms with Gasteiger partial charge in [-0.3, -0.25) is 4.79 Å². The molecule has 0 saturated carbocycles. The van der Waals surface area contributed by atoms with Gasteiger partial charge in [0.05, 0.1) is 0 Å². The van der Waals surface area contributed by atoms with Gasteiger partial charge in [-0.05, 0) is 46.3 Å². The molecule has 4 N–H and O–H groups in total. The predicted octanol–water partition coefficient (Wildman–Crippen LogP) is 2.68. The Morgan fingerprint density at radius 3 is 2.67 bits per heavy atom. The van der Waals surface area contributed by atoms with E-state index in [0.29, 0.717) is 11.3 Å². The van der Waals surface area contributed by atoms with Crippen molar-refractivity contribution in [3.63, 3.8) is 0 Å². The van der Waals surface area contributed by atoms with E-state index < -0.39 is 5.91 Å². The predicted molar refractivity (Wildman–Crippen MR) is 75.4 cm³/mol. The summed E-state index contributed by atoms with van der Waals surface area (Å²) in [4.78, 5) is 16.1. The maximum absolute atomic E-state index is 11.1. The van der Waals surface area contributed by atoms with Crippen LogP contribution in [0.4, 0.5) is 5.69 Å². The Kier molecular flexibility index (Phi) is 3.88. The summed E-state index contributed by atoms with van der Waals surface area (Å²) in [7, 11) is 0.